The summed E-state index contributed by atoms with van der Waals surface area (Å²) in [6.45, 7) is 1.29. The van der Waals surface area contributed by atoms with Gasteiger partial charge in [0, 0.05) is 5.02 Å². The summed E-state index contributed by atoms with van der Waals surface area (Å²) < 4.78 is 4.05. The minimum Gasteiger partial charge on any atom is -0.492 e. The lowest BCUT2D eigenvalue weighted by Gasteiger charge is -2.23. The molecule has 1 atom stereocenters. The van der Waals surface area contributed by atoms with Gasteiger partial charge in [0.05, 0.1) is 5.75 Å². The van der Waals surface area contributed by atoms with Crippen molar-refractivity contribution in [2.45, 2.75) is 11.7 Å². The average Bonchev–Trinajstić information content (AvgIpc) is 2.35. The fraction of sp³-hybridized carbons (Fsp3) is 0.333. The summed E-state index contributed by atoms with van der Waals surface area (Å²) in [5, 5.41) is 18.3. The maximum atomic E-state index is 11.2. The van der Waals surface area contributed by atoms with Crippen molar-refractivity contribution in [2.75, 3.05) is 12.4 Å². The van der Waals surface area contributed by atoms with Gasteiger partial charge in [0.1, 0.15) is 17.1 Å². The van der Waals surface area contributed by atoms with Crippen LogP contribution < -0.4 is 4.74 Å². The van der Waals surface area contributed by atoms with Gasteiger partial charge in [-0.05, 0) is 31.2 Å². The molecule has 19 heavy (non-hydrogen) atoms. The molecule has 1 unspecified atom stereocenters. The first-order valence-corrected chi connectivity index (χ1v) is 6.67. The molecule has 0 saturated carbocycles. The van der Waals surface area contributed by atoms with Crippen LogP contribution in [0.2, 0.25) is 5.02 Å². The van der Waals surface area contributed by atoms with Gasteiger partial charge in [0.2, 0.25) is 0 Å². The lowest BCUT2D eigenvalue weighted by molar-refractivity contribution is -0.140. The van der Waals surface area contributed by atoms with E-state index in [1.165, 1.54) is 6.92 Å². The van der Waals surface area contributed by atoms with Crippen molar-refractivity contribution < 1.29 is 24.5 Å². The number of benzene rings is 1. The summed E-state index contributed by atoms with van der Waals surface area (Å²) in [5.74, 6) is -2.00. The largest absolute Gasteiger partial charge is 0.492 e. The summed E-state index contributed by atoms with van der Waals surface area (Å²) >= 11 is 6.53. The summed E-state index contributed by atoms with van der Waals surface area (Å²) in [7, 11) is 0. The molecular weight excluding hydrogens is 292 g/mol. The van der Waals surface area contributed by atoms with Gasteiger partial charge in [-0.1, -0.05) is 11.6 Å². The van der Waals surface area contributed by atoms with Crippen LogP contribution in [0.5, 0.6) is 5.75 Å². The number of carboxylic acid groups (broad SMARTS) is 2. The van der Waals surface area contributed by atoms with Gasteiger partial charge in [0.15, 0.2) is 0 Å². The minimum absolute atomic E-state index is 0.137. The highest BCUT2D eigenvalue weighted by molar-refractivity contribution is 8.02. The Morgan fingerprint density at radius 3 is 2.37 bits per heavy atom. The third-order valence-electron chi connectivity index (χ3n) is 2.29. The first-order chi connectivity index (χ1) is 8.83. The molecule has 1 aromatic rings. The molecule has 0 saturated heterocycles. The standard InChI is InChI=1S/C12H13ClO5S/c1-12(11(16)17,19-6-10(14)15)7-18-9-4-2-8(13)3-5-9/h2-5H,6-7H2,1H3,(H,14,15)(H,16,17). The molecule has 0 aliphatic heterocycles. The van der Waals surface area contributed by atoms with Crippen LogP contribution in [0.15, 0.2) is 24.3 Å². The predicted octanol–water partition coefficient (Wildman–Crippen LogP) is 2.38. The van der Waals surface area contributed by atoms with Crippen molar-refractivity contribution in [2.24, 2.45) is 0 Å². The Balaban J connectivity index is 2.65. The van der Waals surface area contributed by atoms with Crippen LogP contribution in [0.3, 0.4) is 0 Å². The van der Waals surface area contributed by atoms with Crippen LogP contribution in [0, 0.1) is 0 Å². The molecule has 0 spiro atoms. The van der Waals surface area contributed by atoms with Gasteiger partial charge < -0.3 is 14.9 Å². The monoisotopic (exact) mass is 304 g/mol. The maximum Gasteiger partial charge on any atom is 0.323 e. The second-order valence-electron chi connectivity index (χ2n) is 3.96. The minimum atomic E-state index is -1.32. The van der Waals surface area contributed by atoms with Gasteiger partial charge in [-0.3, -0.25) is 9.59 Å². The molecule has 1 aromatic carbocycles. The predicted molar refractivity (Wildman–Crippen MR) is 73.1 cm³/mol. The lowest BCUT2D eigenvalue weighted by atomic mass is 10.2. The topological polar surface area (TPSA) is 83.8 Å². The molecule has 0 fully saturated rings. The molecule has 0 aliphatic carbocycles. The van der Waals surface area contributed by atoms with Crippen LogP contribution in [-0.4, -0.2) is 39.3 Å². The van der Waals surface area contributed by atoms with Gasteiger partial charge in [0.25, 0.3) is 0 Å². The summed E-state index contributed by atoms with van der Waals surface area (Å²) in [6, 6.07) is 6.48. The number of carboxylic acids is 2. The Hall–Kier alpha value is -1.40. The highest BCUT2D eigenvalue weighted by Crippen LogP contribution is 2.27. The van der Waals surface area contributed by atoms with E-state index in [0.29, 0.717) is 10.8 Å². The molecule has 0 aromatic heterocycles. The van der Waals surface area contributed by atoms with Crippen LogP contribution in [0.4, 0.5) is 0 Å². The second-order valence-corrected chi connectivity index (χ2v) is 5.88. The Labute approximate surface area is 119 Å². The SMILES string of the molecule is CC(COc1ccc(Cl)cc1)(SCC(=O)O)C(=O)O. The van der Waals surface area contributed by atoms with Crippen LogP contribution >= 0.6 is 23.4 Å². The third-order valence-corrected chi connectivity index (χ3v) is 3.87. The number of thioether (sulfide) groups is 1. The number of ether oxygens (including phenoxy) is 1. The molecule has 0 bridgehead atoms. The second kappa shape index (κ2) is 6.68. The molecule has 0 radical (unpaired) electrons. The summed E-state index contributed by atoms with van der Waals surface area (Å²) in [5.41, 5.74) is 0. The third kappa shape index (κ3) is 5.00. The molecule has 104 valence electrons. The molecule has 1 rings (SSSR count). The van der Waals surface area contributed by atoms with Gasteiger partial charge in [-0.15, -0.1) is 11.8 Å². The van der Waals surface area contributed by atoms with Crippen molar-refractivity contribution in [3.05, 3.63) is 29.3 Å². The first kappa shape index (κ1) is 15.7. The Kier molecular flexibility index (Phi) is 5.50. The lowest BCUT2D eigenvalue weighted by Crippen LogP contribution is -2.39. The smallest absolute Gasteiger partial charge is 0.323 e. The Morgan fingerprint density at radius 1 is 1.32 bits per heavy atom. The molecule has 5 nitrogen and oxygen atoms in total. The molecule has 7 heteroatoms. The highest BCUT2D eigenvalue weighted by atomic mass is 35.5. The quantitative estimate of drug-likeness (QED) is 0.804. The zero-order chi connectivity index (χ0) is 14.5. The summed E-state index contributed by atoms with van der Waals surface area (Å²) in [4.78, 5) is 21.7. The maximum absolute atomic E-state index is 11.2. The van der Waals surface area contributed by atoms with Crippen LogP contribution in [0.1, 0.15) is 6.92 Å². The zero-order valence-corrected chi connectivity index (χ0v) is 11.7. The van der Waals surface area contributed by atoms with Crippen LogP contribution in [-0.2, 0) is 9.59 Å². The highest BCUT2D eigenvalue weighted by Gasteiger charge is 2.35. The van der Waals surface area contributed by atoms with Gasteiger partial charge >= 0.3 is 11.9 Å². The number of hydrogen-bond acceptors (Lipinski definition) is 4. The molecule has 2 N–H and O–H groups in total. The average molecular weight is 305 g/mol. The molecule has 0 amide bonds. The van der Waals surface area contributed by atoms with E-state index in [9.17, 15) is 9.59 Å². The molecule has 0 heterocycles. The van der Waals surface area contributed by atoms with E-state index in [4.69, 9.17) is 26.6 Å². The van der Waals surface area contributed by atoms with E-state index in [0.717, 1.165) is 11.8 Å². The van der Waals surface area contributed by atoms with Crippen molar-refractivity contribution in [3.8, 4) is 5.75 Å². The zero-order valence-electron chi connectivity index (χ0n) is 10.1. The van der Waals surface area contributed by atoms with E-state index < -0.39 is 16.7 Å². The number of rotatable bonds is 7. The number of halogens is 1. The van der Waals surface area contributed by atoms with Crippen molar-refractivity contribution in [3.63, 3.8) is 0 Å². The fourth-order valence-corrected chi connectivity index (χ4v) is 1.97. The number of carbonyl (C=O) groups is 2. The van der Waals surface area contributed by atoms with Gasteiger partial charge in [-0.25, -0.2) is 0 Å². The van der Waals surface area contributed by atoms with E-state index in [1.54, 1.807) is 24.3 Å². The fourth-order valence-electron chi connectivity index (χ4n) is 1.14. The first-order valence-electron chi connectivity index (χ1n) is 5.31. The molecule has 0 aliphatic rings. The van der Waals surface area contributed by atoms with E-state index >= 15 is 0 Å². The van der Waals surface area contributed by atoms with Crippen molar-refractivity contribution in [1.82, 2.24) is 0 Å². The van der Waals surface area contributed by atoms with Crippen molar-refractivity contribution in [1.29, 1.82) is 0 Å². The Bertz CT molecular complexity index is 462. The van der Waals surface area contributed by atoms with Gasteiger partial charge in [-0.2, -0.15) is 0 Å². The normalized spacial score (nSPS) is 13.6. The Morgan fingerprint density at radius 2 is 1.89 bits per heavy atom. The van der Waals surface area contributed by atoms with Crippen LogP contribution in [0.25, 0.3) is 0 Å². The number of aliphatic carboxylic acids is 2. The van der Waals surface area contributed by atoms with Crippen molar-refractivity contribution >= 4 is 35.3 Å². The van der Waals surface area contributed by atoms with E-state index in [-0.39, 0.29) is 12.4 Å². The summed E-state index contributed by atoms with van der Waals surface area (Å²) in [6.07, 6.45) is 0. The van der Waals surface area contributed by atoms with E-state index in [1.807, 2.05) is 0 Å². The molecular formula is C12H13ClO5S. The number of hydrogen-bond donors (Lipinski definition) is 2. The van der Waals surface area contributed by atoms with E-state index in [2.05, 4.69) is 0 Å².